The van der Waals surface area contributed by atoms with Crippen LogP contribution in [0.1, 0.15) is 99.3 Å². The highest BCUT2D eigenvalue weighted by Crippen LogP contribution is 2.59. The van der Waals surface area contributed by atoms with E-state index in [1.165, 1.54) is 38.5 Å². The maximum Gasteiger partial charge on any atom is 0.338 e. The third-order valence-electron chi connectivity index (χ3n) is 9.60. The highest BCUT2D eigenvalue weighted by atomic mass is 28.4. The van der Waals surface area contributed by atoms with E-state index in [9.17, 15) is 9.90 Å². The van der Waals surface area contributed by atoms with Gasteiger partial charge in [0.15, 0.2) is 13.9 Å². The number of carbonyl (C=O) groups excluding carboxylic acids is 1. The van der Waals surface area contributed by atoms with Crippen LogP contribution in [0.3, 0.4) is 0 Å². The lowest BCUT2D eigenvalue weighted by Gasteiger charge is -2.50. The first kappa shape index (κ1) is 25.2. The van der Waals surface area contributed by atoms with E-state index >= 15 is 0 Å². The summed E-state index contributed by atoms with van der Waals surface area (Å²) in [5, 5.41) is 10.3. The van der Waals surface area contributed by atoms with Crippen molar-refractivity contribution in [3.8, 4) is 0 Å². The Balaban J connectivity index is 1.57. The maximum absolute atomic E-state index is 11.7. The summed E-state index contributed by atoms with van der Waals surface area (Å²) in [6, 6.07) is 0. The summed E-state index contributed by atoms with van der Waals surface area (Å²) in [4.78, 5) is 11.7. The molecule has 0 aromatic rings. The molecule has 0 unspecified atom stereocenters. The molecule has 5 heteroatoms. The Morgan fingerprint density at radius 3 is 2.48 bits per heavy atom. The summed E-state index contributed by atoms with van der Waals surface area (Å²) in [6.45, 7) is 18.4. The van der Waals surface area contributed by atoms with Gasteiger partial charge in [0.2, 0.25) is 0 Å². The zero-order valence-electron chi connectivity index (χ0n) is 21.4. The largest absolute Gasteiger partial charge is 0.460 e. The monoisotopic (exact) mass is 452 g/mol. The van der Waals surface area contributed by atoms with Crippen molar-refractivity contribution in [2.24, 2.45) is 23.2 Å². The quantitative estimate of drug-likeness (QED) is 0.355. The summed E-state index contributed by atoms with van der Waals surface area (Å²) in [6.07, 6.45) is 10.4. The first-order chi connectivity index (χ1) is 14.2. The van der Waals surface area contributed by atoms with Gasteiger partial charge in [-0.2, -0.15) is 0 Å². The molecule has 7 atom stereocenters. The maximum atomic E-state index is 11.7. The van der Waals surface area contributed by atoms with Gasteiger partial charge in [-0.3, -0.25) is 0 Å². The van der Waals surface area contributed by atoms with Gasteiger partial charge in [-0.1, -0.05) is 47.5 Å². The van der Waals surface area contributed by atoms with Crippen LogP contribution < -0.4 is 0 Å². The number of hydrogen-bond donors (Lipinski definition) is 1. The number of fused-ring (bicyclic) bond motifs is 1. The summed E-state index contributed by atoms with van der Waals surface area (Å²) >= 11 is 0. The predicted octanol–water partition coefficient (Wildman–Crippen LogP) is 6.47. The van der Waals surface area contributed by atoms with Gasteiger partial charge in [0.1, 0.15) is 6.10 Å². The van der Waals surface area contributed by atoms with Gasteiger partial charge in [0.25, 0.3) is 0 Å². The van der Waals surface area contributed by atoms with Gasteiger partial charge in [-0.15, -0.1) is 0 Å². The van der Waals surface area contributed by atoms with Crippen molar-refractivity contribution >= 4 is 14.3 Å². The third kappa shape index (κ3) is 5.09. The molecule has 2 saturated carbocycles. The Morgan fingerprint density at radius 2 is 1.90 bits per heavy atom. The average molecular weight is 453 g/mol. The summed E-state index contributed by atoms with van der Waals surface area (Å²) in [5.74, 6) is 1.69. The minimum Gasteiger partial charge on any atom is -0.460 e. The van der Waals surface area contributed by atoms with Crippen molar-refractivity contribution in [2.75, 3.05) is 0 Å². The van der Waals surface area contributed by atoms with Crippen molar-refractivity contribution < 1.29 is 19.1 Å². The lowest BCUT2D eigenvalue weighted by atomic mass is 9.61. The molecule has 3 aliphatic rings. The van der Waals surface area contributed by atoms with Crippen molar-refractivity contribution in [1.82, 2.24) is 0 Å². The summed E-state index contributed by atoms with van der Waals surface area (Å²) in [5.41, 5.74) is -0.891. The van der Waals surface area contributed by atoms with Crippen molar-refractivity contribution in [2.45, 2.75) is 135 Å². The topological polar surface area (TPSA) is 55.8 Å². The van der Waals surface area contributed by atoms with Gasteiger partial charge in [0.05, 0.1) is 0 Å². The van der Waals surface area contributed by atoms with Crippen LogP contribution in [0.5, 0.6) is 0 Å². The molecule has 180 valence electrons. The number of aliphatic hydroxyl groups is 1. The smallest absolute Gasteiger partial charge is 0.338 e. The summed E-state index contributed by atoms with van der Waals surface area (Å²) < 4.78 is 12.4. The van der Waals surface area contributed by atoms with Crippen LogP contribution in [0.2, 0.25) is 18.1 Å². The number of cyclic esters (lactones) is 1. The first-order valence-corrected chi connectivity index (χ1v) is 15.7. The Bertz CT molecular complexity index is 652. The molecule has 0 bridgehead atoms. The fourth-order valence-electron chi connectivity index (χ4n) is 6.67. The number of esters is 1. The SMILES string of the molecule is C[C@H](CCC[C@H]1C[C@@](C)(O)C(=O)O1)[C@H]1CC[C@H]2[C@@H](O[Si](C)(C)C(C)(C)C)CCC[C@]12C. The highest BCUT2D eigenvalue weighted by Gasteiger charge is 2.54. The van der Waals surface area contributed by atoms with E-state index in [1.54, 1.807) is 6.92 Å². The molecule has 0 amide bonds. The summed E-state index contributed by atoms with van der Waals surface area (Å²) in [7, 11) is -1.75. The van der Waals surface area contributed by atoms with Gasteiger partial charge >= 0.3 is 5.97 Å². The molecule has 0 aromatic heterocycles. The second kappa shape index (κ2) is 8.75. The molecule has 1 N–H and O–H groups in total. The molecule has 2 aliphatic carbocycles. The van der Waals surface area contributed by atoms with E-state index in [2.05, 4.69) is 47.7 Å². The van der Waals surface area contributed by atoms with E-state index in [0.717, 1.165) is 18.8 Å². The Morgan fingerprint density at radius 1 is 1.23 bits per heavy atom. The van der Waals surface area contributed by atoms with E-state index in [1.807, 2.05) is 0 Å². The molecule has 4 nitrogen and oxygen atoms in total. The lowest BCUT2D eigenvalue weighted by molar-refractivity contribution is -0.153. The molecule has 1 heterocycles. The molecule has 0 radical (unpaired) electrons. The Kier molecular flexibility index (Phi) is 7.13. The van der Waals surface area contributed by atoms with Gasteiger partial charge < -0.3 is 14.3 Å². The molecule has 3 fully saturated rings. The second-order valence-corrected chi connectivity index (χ2v) is 17.8. The van der Waals surface area contributed by atoms with Crippen LogP contribution in [0.15, 0.2) is 0 Å². The molecular weight excluding hydrogens is 404 g/mol. The zero-order valence-corrected chi connectivity index (χ0v) is 22.4. The molecule has 1 saturated heterocycles. The predicted molar refractivity (Wildman–Crippen MR) is 128 cm³/mol. The zero-order chi connectivity index (χ0) is 23.2. The molecule has 0 aromatic carbocycles. The number of rotatable bonds is 7. The fraction of sp³-hybridized carbons (Fsp3) is 0.962. The lowest BCUT2D eigenvalue weighted by Crippen LogP contribution is -2.50. The first-order valence-electron chi connectivity index (χ1n) is 12.8. The normalized spacial score (nSPS) is 40.0. The van der Waals surface area contributed by atoms with E-state index in [4.69, 9.17) is 9.16 Å². The number of hydrogen-bond acceptors (Lipinski definition) is 4. The second-order valence-electron chi connectivity index (χ2n) is 13.0. The van der Waals surface area contributed by atoms with Crippen LogP contribution in [0, 0.1) is 23.2 Å². The number of ether oxygens (including phenoxy) is 1. The van der Waals surface area contributed by atoms with Crippen LogP contribution in [0.4, 0.5) is 0 Å². The van der Waals surface area contributed by atoms with Crippen LogP contribution >= 0.6 is 0 Å². The molecular formula is C26H48O4Si. The van der Waals surface area contributed by atoms with Crippen LogP contribution in [-0.2, 0) is 14.0 Å². The van der Waals surface area contributed by atoms with E-state index in [0.29, 0.717) is 29.8 Å². The minimum atomic E-state index is -1.75. The van der Waals surface area contributed by atoms with Gasteiger partial charge in [-0.25, -0.2) is 4.79 Å². The minimum absolute atomic E-state index is 0.112. The Labute approximate surface area is 192 Å². The van der Waals surface area contributed by atoms with Gasteiger partial charge in [-0.05, 0) is 86.7 Å². The van der Waals surface area contributed by atoms with Crippen LogP contribution in [0.25, 0.3) is 0 Å². The van der Waals surface area contributed by atoms with E-state index < -0.39 is 19.9 Å². The highest BCUT2D eigenvalue weighted by molar-refractivity contribution is 6.74. The Hall–Kier alpha value is -0.393. The van der Waals surface area contributed by atoms with Crippen molar-refractivity contribution in [3.63, 3.8) is 0 Å². The molecule has 1 aliphatic heterocycles. The van der Waals surface area contributed by atoms with Gasteiger partial charge in [0, 0.05) is 12.5 Å². The number of carbonyl (C=O) groups is 1. The third-order valence-corrected chi connectivity index (χ3v) is 14.1. The van der Waals surface area contributed by atoms with E-state index in [-0.39, 0.29) is 11.1 Å². The van der Waals surface area contributed by atoms with Crippen molar-refractivity contribution in [1.29, 1.82) is 0 Å². The van der Waals surface area contributed by atoms with Crippen molar-refractivity contribution in [3.05, 3.63) is 0 Å². The molecule has 31 heavy (non-hydrogen) atoms. The average Bonchev–Trinajstić information content (AvgIpc) is 3.10. The van der Waals surface area contributed by atoms with Crippen LogP contribution in [-0.4, -0.2) is 37.2 Å². The molecule has 0 spiro atoms. The fourth-order valence-corrected chi connectivity index (χ4v) is 8.06. The molecule has 3 rings (SSSR count). The standard InChI is InChI=1S/C26H48O4Si/c1-18(11-9-12-19-17-26(6,28)23(27)29-19)20-14-15-21-22(13-10-16-25(20,21)5)30-31(7,8)24(2,3)4/h18-22,28H,9-17H2,1-8H3/t18-,19+,20-,21+,22+,25-,26-/m1/s1.